The molecule has 0 aromatic heterocycles. The SMILES string of the molecule is CN=C(NCc1cccc(NC(=O)CC(C)C)c1)NC1CCN(c2ccccc2)C1.I. The highest BCUT2D eigenvalue weighted by Crippen LogP contribution is 2.19. The van der Waals surface area contributed by atoms with Gasteiger partial charge in [0, 0.05) is 50.5 Å². The number of aliphatic imine (C=N–C) groups is 1. The zero-order chi connectivity index (χ0) is 21.3. The van der Waals surface area contributed by atoms with Crippen LogP contribution >= 0.6 is 24.0 Å². The number of para-hydroxylation sites is 1. The summed E-state index contributed by atoms with van der Waals surface area (Å²) in [4.78, 5) is 18.8. The van der Waals surface area contributed by atoms with Gasteiger partial charge in [0.2, 0.25) is 5.91 Å². The molecule has 6 nitrogen and oxygen atoms in total. The largest absolute Gasteiger partial charge is 0.369 e. The molecule has 1 aliphatic rings. The monoisotopic (exact) mass is 535 g/mol. The molecular formula is C24H34IN5O. The van der Waals surface area contributed by atoms with Crippen molar-refractivity contribution in [2.75, 3.05) is 30.4 Å². The predicted molar refractivity (Wildman–Crippen MR) is 140 cm³/mol. The van der Waals surface area contributed by atoms with Crippen molar-refractivity contribution in [3.05, 3.63) is 60.2 Å². The summed E-state index contributed by atoms with van der Waals surface area (Å²) in [6.07, 6.45) is 1.60. The van der Waals surface area contributed by atoms with E-state index in [0.717, 1.165) is 36.7 Å². The van der Waals surface area contributed by atoms with Crippen LogP contribution in [0, 0.1) is 5.92 Å². The summed E-state index contributed by atoms with van der Waals surface area (Å²) < 4.78 is 0. The number of amides is 1. The smallest absolute Gasteiger partial charge is 0.224 e. The molecule has 7 heteroatoms. The van der Waals surface area contributed by atoms with E-state index >= 15 is 0 Å². The number of anilines is 2. The molecule has 1 amide bonds. The molecule has 3 N–H and O–H groups in total. The van der Waals surface area contributed by atoms with Gasteiger partial charge in [-0.1, -0.05) is 44.2 Å². The zero-order valence-corrected chi connectivity index (χ0v) is 20.9. The quantitative estimate of drug-likeness (QED) is 0.282. The molecule has 1 saturated heterocycles. The van der Waals surface area contributed by atoms with Crippen LogP contribution in [-0.2, 0) is 11.3 Å². The van der Waals surface area contributed by atoms with Crippen LogP contribution in [-0.4, -0.2) is 38.0 Å². The molecule has 2 aromatic rings. The highest BCUT2D eigenvalue weighted by molar-refractivity contribution is 14.0. The summed E-state index contributed by atoms with van der Waals surface area (Å²) in [5.74, 6) is 1.19. The maximum atomic E-state index is 12.0. The fraction of sp³-hybridized carbons (Fsp3) is 0.417. The molecule has 0 saturated carbocycles. The van der Waals surface area contributed by atoms with Gasteiger partial charge in [-0.15, -0.1) is 24.0 Å². The number of benzene rings is 2. The molecule has 1 atom stereocenters. The van der Waals surface area contributed by atoms with E-state index in [-0.39, 0.29) is 29.9 Å². The number of carbonyl (C=O) groups is 1. The van der Waals surface area contributed by atoms with Crippen molar-refractivity contribution in [2.24, 2.45) is 10.9 Å². The summed E-state index contributed by atoms with van der Waals surface area (Å²) in [6, 6.07) is 18.8. The first kappa shape index (κ1) is 25.0. The summed E-state index contributed by atoms with van der Waals surface area (Å²) in [5, 5.41) is 9.90. The predicted octanol–water partition coefficient (Wildman–Crippen LogP) is 4.23. The first-order valence-corrected chi connectivity index (χ1v) is 10.7. The number of rotatable bonds is 7. The average Bonchev–Trinajstić information content (AvgIpc) is 3.20. The molecule has 2 aromatic carbocycles. The average molecular weight is 535 g/mol. The summed E-state index contributed by atoms with van der Waals surface area (Å²) in [6.45, 7) is 6.73. The fourth-order valence-electron chi connectivity index (χ4n) is 3.67. The van der Waals surface area contributed by atoms with Crippen LogP contribution in [0.2, 0.25) is 0 Å². The Morgan fingerprint density at radius 1 is 1.16 bits per heavy atom. The number of carbonyl (C=O) groups excluding carboxylic acids is 1. The molecule has 1 fully saturated rings. The van der Waals surface area contributed by atoms with E-state index in [9.17, 15) is 4.79 Å². The van der Waals surface area contributed by atoms with E-state index in [4.69, 9.17) is 0 Å². The van der Waals surface area contributed by atoms with Crippen molar-refractivity contribution >= 4 is 47.2 Å². The molecule has 0 radical (unpaired) electrons. The third-order valence-electron chi connectivity index (χ3n) is 5.14. The Kier molecular flexibility index (Phi) is 10.1. The van der Waals surface area contributed by atoms with Gasteiger partial charge in [0.25, 0.3) is 0 Å². The minimum absolute atomic E-state index is 0. The molecule has 1 aliphatic heterocycles. The lowest BCUT2D eigenvalue weighted by molar-refractivity contribution is -0.116. The molecular weight excluding hydrogens is 501 g/mol. The second-order valence-corrected chi connectivity index (χ2v) is 8.18. The van der Waals surface area contributed by atoms with Crippen LogP contribution in [0.5, 0.6) is 0 Å². The third-order valence-corrected chi connectivity index (χ3v) is 5.14. The van der Waals surface area contributed by atoms with Gasteiger partial charge in [-0.25, -0.2) is 0 Å². The minimum Gasteiger partial charge on any atom is -0.369 e. The van der Waals surface area contributed by atoms with Crippen molar-refractivity contribution in [3.63, 3.8) is 0 Å². The number of halogens is 1. The van der Waals surface area contributed by atoms with Gasteiger partial charge < -0.3 is 20.9 Å². The highest BCUT2D eigenvalue weighted by atomic mass is 127. The maximum absolute atomic E-state index is 12.0. The maximum Gasteiger partial charge on any atom is 0.224 e. The van der Waals surface area contributed by atoms with Crippen LogP contribution in [0.25, 0.3) is 0 Å². The van der Waals surface area contributed by atoms with Gasteiger partial charge in [-0.3, -0.25) is 9.79 Å². The topological polar surface area (TPSA) is 68.8 Å². The summed E-state index contributed by atoms with van der Waals surface area (Å²) in [7, 11) is 1.79. The number of nitrogens with zero attached hydrogens (tertiary/aromatic N) is 2. The molecule has 0 aliphatic carbocycles. The Bertz CT molecular complexity index is 856. The third kappa shape index (κ3) is 8.05. The Labute approximate surface area is 202 Å². The van der Waals surface area contributed by atoms with Crippen LogP contribution < -0.4 is 20.9 Å². The van der Waals surface area contributed by atoms with Crippen molar-refractivity contribution in [1.29, 1.82) is 0 Å². The van der Waals surface area contributed by atoms with E-state index in [1.165, 1.54) is 5.69 Å². The van der Waals surface area contributed by atoms with Crippen molar-refractivity contribution < 1.29 is 4.79 Å². The second-order valence-electron chi connectivity index (χ2n) is 8.18. The zero-order valence-electron chi connectivity index (χ0n) is 18.6. The van der Waals surface area contributed by atoms with E-state index < -0.39 is 0 Å². The van der Waals surface area contributed by atoms with E-state index in [2.05, 4.69) is 50.1 Å². The standard InChI is InChI=1S/C24H33N5O.HI/c1-18(2)14-23(30)27-20-9-7-8-19(15-20)16-26-24(25-3)28-21-12-13-29(17-21)22-10-5-4-6-11-22;/h4-11,15,18,21H,12-14,16-17H2,1-3H3,(H,27,30)(H2,25,26,28);1H. The normalized spacial score (nSPS) is 16.1. The Morgan fingerprint density at radius 2 is 1.94 bits per heavy atom. The number of nitrogens with one attached hydrogen (secondary N) is 3. The van der Waals surface area contributed by atoms with Crippen molar-refractivity contribution in [1.82, 2.24) is 10.6 Å². The van der Waals surface area contributed by atoms with E-state index in [0.29, 0.717) is 24.9 Å². The van der Waals surface area contributed by atoms with Gasteiger partial charge >= 0.3 is 0 Å². The van der Waals surface area contributed by atoms with E-state index in [1.807, 2.05) is 44.2 Å². The Morgan fingerprint density at radius 3 is 2.65 bits per heavy atom. The Balaban J connectivity index is 0.00000341. The van der Waals surface area contributed by atoms with Crippen LogP contribution in [0.15, 0.2) is 59.6 Å². The fourth-order valence-corrected chi connectivity index (χ4v) is 3.67. The van der Waals surface area contributed by atoms with E-state index in [1.54, 1.807) is 7.05 Å². The minimum atomic E-state index is 0. The van der Waals surface area contributed by atoms with Gasteiger partial charge in [-0.05, 0) is 42.2 Å². The number of hydrogen-bond acceptors (Lipinski definition) is 3. The Hall–Kier alpha value is -2.29. The summed E-state index contributed by atoms with van der Waals surface area (Å²) in [5.41, 5.74) is 3.19. The van der Waals surface area contributed by atoms with Crippen molar-refractivity contribution in [3.8, 4) is 0 Å². The molecule has 0 spiro atoms. The lowest BCUT2D eigenvalue weighted by Crippen LogP contribution is -2.44. The second kappa shape index (κ2) is 12.5. The van der Waals surface area contributed by atoms with Gasteiger partial charge in [0.1, 0.15) is 0 Å². The van der Waals surface area contributed by atoms with Crippen LogP contribution in [0.1, 0.15) is 32.3 Å². The highest BCUT2D eigenvalue weighted by Gasteiger charge is 2.23. The molecule has 0 bridgehead atoms. The molecule has 168 valence electrons. The first-order valence-electron chi connectivity index (χ1n) is 10.7. The van der Waals surface area contributed by atoms with Gasteiger partial charge in [-0.2, -0.15) is 0 Å². The van der Waals surface area contributed by atoms with Crippen molar-refractivity contribution in [2.45, 2.75) is 39.3 Å². The molecule has 3 rings (SSSR count). The molecule has 31 heavy (non-hydrogen) atoms. The van der Waals surface area contributed by atoms with Gasteiger partial charge in [0.05, 0.1) is 0 Å². The van der Waals surface area contributed by atoms with Crippen LogP contribution in [0.4, 0.5) is 11.4 Å². The van der Waals surface area contributed by atoms with Crippen LogP contribution in [0.3, 0.4) is 0 Å². The summed E-state index contributed by atoms with van der Waals surface area (Å²) >= 11 is 0. The van der Waals surface area contributed by atoms with Gasteiger partial charge in [0.15, 0.2) is 5.96 Å². The first-order chi connectivity index (χ1) is 14.5. The lowest BCUT2D eigenvalue weighted by Gasteiger charge is -2.20. The molecule has 1 unspecified atom stereocenters. The lowest BCUT2D eigenvalue weighted by atomic mass is 10.1. The number of hydrogen-bond donors (Lipinski definition) is 3. The molecule has 1 heterocycles. The number of guanidine groups is 1.